The average molecular weight is 702 g/mol. The Hall–Kier alpha value is -7.36. The third-order valence-corrected chi connectivity index (χ3v) is 11.0. The van der Waals surface area contributed by atoms with E-state index in [9.17, 15) is 0 Å². The molecule has 1 aromatic heterocycles. The van der Waals surface area contributed by atoms with Gasteiger partial charge in [-0.05, 0) is 119 Å². The lowest BCUT2D eigenvalue weighted by molar-refractivity contribution is 1.18. The first-order valence-electron chi connectivity index (χ1n) is 18.8. The zero-order chi connectivity index (χ0) is 36.3. The molecule has 2 heterocycles. The Bertz CT molecular complexity index is 2970. The molecule has 0 saturated heterocycles. The number of hydrogen-bond acceptors (Lipinski definition) is 2. The van der Waals surface area contributed by atoms with E-state index in [-0.39, 0.29) is 0 Å². The molecule has 0 radical (unpaired) electrons. The van der Waals surface area contributed by atoms with E-state index in [1.54, 1.807) is 0 Å². The van der Waals surface area contributed by atoms with Crippen molar-refractivity contribution in [2.75, 3.05) is 9.80 Å². The second kappa shape index (κ2) is 12.6. The molecule has 0 N–H and O–H groups in total. The van der Waals surface area contributed by atoms with Gasteiger partial charge < -0.3 is 14.4 Å². The van der Waals surface area contributed by atoms with Gasteiger partial charge in [0, 0.05) is 50.3 Å². The van der Waals surface area contributed by atoms with Gasteiger partial charge in [-0.2, -0.15) is 0 Å². The topological polar surface area (TPSA) is 11.4 Å². The molecule has 3 heteroatoms. The highest BCUT2D eigenvalue weighted by molar-refractivity contribution is 6.11. The van der Waals surface area contributed by atoms with Gasteiger partial charge in [0.25, 0.3) is 0 Å². The lowest BCUT2D eigenvalue weighted by atomic mass is 9.99. The molecule has 0 saturated carbocycles. The molecular formula is C52H35N3. The maximum atomic E-state index is 2.41. The number of anilines is 6. The van der Waals surface area contributed by atoms with E-state index in [2.05, 4.69) is 227 Å². The quantitative estimate of drug-likeness (QED) is 0.182. The summed E-state index contributed by atoms with van der Waals surface area (Å²) in [6.45, 7) is 0. The van der Waals surface area contributed by atoms with Gasteiger partial charge in [-0.25, -0.2) is 0 Å². The number of para-hydroxylation sites is 2. The smallest absolute Gasteiger partial charge is 0.0542 e. The summed E-state index contributed by atoms with van der Waals surface area (Å²) in [4.78, 5) is 4.81. The highest BCUT2D eigenvalue weighted by Gasteiger charge is 2.21. The number of nitrogens with zero attached hydrogens (tertiary/aromatic N) is 3. The summed E-state index contributed by atoms with van der Waals surface area (Å²) in [5.41, 5.74) is 14.9. The van der Waals surface area contributed by atoms with E-state index < -0.39 is 0 Å². The Morgan fingerprint density at radius 1 is 0.255 bits per heavy atom. The van der Waals surface area contributed by atoms with Crippen LogP contribution < -0.4 is 9.80 Å². The fourth-order valence-electron chi connectivity index (χ4n) is 8.53. The summed E-state index contributed by atoms with van der Waals surface area (Å²) >= 11 is 0. The van der Waals surface area contributed by atoms with E-state index in [0.717, 1.165) is 62.1 Å². The molecule has 10 aromatic rings. The Balaban J connectivity index is 1.15. The van der Waals surface area contributed by atoms with Crippen LogP contribution in [-0.4, -0.2) is 4.57 Å². The minimum atomic E-state index is 1.10. The van der Waals surface area contributed by atoms with Crippen molar-refractivity contribution in [3.05, 3.63) is 212 Å². The van der Waals surface area contributed by atoms with Gasteiger partial charge in [-0.1, -0.05) is 121 Å². The lowest BCUT2D eigenvalue weighted by Crippen LogP contribution is -2.11. The number of aromatic nitrogens is 1. The molecule has 0 unspecified atom stereocenters. The standard InChI is InChI=1S/C52H35N3/c1-2-19-41(20-3-1)55-51-27-7-6-26-48(51)49-35-46(29-30-52(49)55)53-42-21-8-15-37(31-42)39-17-10-23-44(33-39)54(50-28-12-14-36-13-4-5-25-47(36)50)45-24-11-18-40(34-45)38-16-9-22-43(53)32-38/h1-35H. The highest BCUT2D eigenvalue weighted by Crippen LogP contribution is 2.45. The average Bonchev–Trinajstić information content (AvgIpc) is 3.58. The van der Waals surface area contributed by atoms with Crippen molar-refractivity contribution in [1.82, 2.24) is 4.57 Å². The van der Waals surface area contributed by atoms with Crippen molar-refractivity contribution in [3.63, 3.8) is 0 Å². The summed E-state index contributed by atoms with van der Waals surface area (Å²) in [6, 6.07) is 77.4. The molecular weight excluding hydrogens is 667 g/mol. The predicted octanol–water partition coefficient (Wildman–Crippen LogP) is 14.5. The van der Waals surface area contributed by atoms with E-state index >= 15 is 0 Å². The van der Waals surface area contributed by atoms with Crippen LogP contribution in [0.2, 0.25) is 0 Å². The molecule has 0 spiro atoms. The van der Waals surface area contributed by atoms with Crippen LogP contribution in [0.3, 0.4) is 0 Å². The molecule has 9 aromatic carbocycles. The molecule has 0 atom stereocenters. The van der Waals surface area contributed by atoms with Gasteiger partial charge in [0.15, 0.2) is 0 Å². The van der Waals surface area contributed by atoms with E-state index in [1.165, 1.54) is 32.6 Å². The summed E-state index contributed by atoms with van der Waals surface area (Å²) in [5, 5.41) is 4.88. The Kier molecular flexibility index (Phi) is 7.17. The van der Waals surface area contributed by atoms with Crippen molar-refractivity contribution in [1.29, 1.82) is 0 Å². The van der Waals surface area contributed by atoms with Gasteiger partial charge in [-0.3, -0.25) is 0 Å². The zero-order valence-corrected chi connectivity index (χ0v) is 30.0. The third-order valence-electron chi connectivity index (χ3n) is 11.0. The van der Waals surface area contributed by atoms with Crippen LogP contribution in [0.4, 0.5) is 34.1 Å². The minimum absolute atomic E-state index is 1.10. The largest absolute Gasteiger partial charge is 0.310 e. The molecule has 8 bridgehead atoms. The van der Waals surface area contributed by atoms with Crippen molar-refractivity contribution in [2.24, 2.45) is 0 Å². The van der Waals surface area contributed by atoms with Crippen molar-refractivity contribution < 1.29 is 0 Å². The van der Waals surface area contributed by atoms with E-state index in [1.807, 2.05) is 0 Å². The van der Waals surface area contributed by atoms with Crippen LogP contribution in [0.1, 0.15) is 0 Å². The normalized spacial score (nSPS) is 12.3. The third kappa shape index (κ3) is 5.20. The van der Waals surface area contributed by atoms with Crippen LogP contribution in [0, 0.1) is 0 Å². The van der Waals surface area contributed by atoms with Gasteiger partial charge in [-0.15, -0.1) is 0 Å². The maximum Gasteiger partial charge on any atom is 0.0542 e. The SMILES string of the molecule is c1ccc(-n2c3ccccc3c3cc(N4c5cccc(c5)-c5cccc(c5)N(c5cccc6ccccc56)c5cccc(c5)-c5cccc4c5)ccc32)cc1. The molecule has 3 nitrogen and oxygen atoms in total. The second-order valence-corrected chi connectivity index (χ2v) is 14.3. The second-order valence-electron chi connectivity index (χ2n) is 14.3. The van der Waals surface area contributed by atoms with Crippen LogP contribution in [0.25, 0.3) is 60.5 Å². The molecule has 55 heavy (non-hydrogen) atoms. The summed E-state index contributed by atoms with van der Waals surface area (Å²) < 4.78 is 2.38. The summed E-state index contributed by atoms with van der Waals surface area (Å²) in [6.07, 6.45) is 0. The van der Waals surface area contributed by atoms with Gasteiger partial charge >= 0.3 is 0 Å². The summed E-state index contributed by atoms with van der Waals surface area (Å²) in [7, 11) is 0. The molecule has 0 fully saturated rings. The fraction of sp³-hybridized carbons (Fsp3) is 0. The van der Waals surface area contributed by atoms with Crippen molar-refractivity contribution in [2.45, 2.75) is 0 Å². The first-order chi connectivity index (χ1) is 27.3. The van der Waals surface area contributed by atoms with Gasteiger partial charge in [0.2, 0.25) is 0 Å². The van der Waals surface area contributed by atoms with Crippen LogP contribution in [-0.2, 0) is 0 Å². The summed E-state index contributed by atoms with van der Waals surface area (Å²) in [5.74, 6) is 0. The number of hydrogen-bond donors (Lipinski definition) is 0. The first kappa shape index (κ1) is 31.2. The Labute approximate surface area is 320 Å². The van der Waals surface area contributed by atoms with E-state index in [0.29, 0.717) is 0 Å². The number of rotatable bonds is 3. The minimum Gasteiger partial charge on any atom is -0.310 e. The molecule has 1 aliphatic heterocycles. The monoisotopic (exact) mass is 701 g/mol. The number of fused-ring (bicyclic) bond motifs is 14. The van der Waals surface area contributed by atoms with Gasteiger partial charge in [0.05, 0.1) is 16.7 Å². The molecule has 11 rings (SSSR count). The fourth-order valence-corrected chi connectivity index (χ4v) is 8.53. The van der Waals surface area contributed by atoms with Gasteiger partial charge in [0.1, 0.15) is 0 Å². The molecule has 258 valence electrons. The Morgan fingerprint density at radius 2 is 0.709 bits per heavy atom. The lowest BCUT2D eigenvalue weighted by Gasteiger charge is -2.29. The molecule has 1 aliphatic rings. The van der Waals surface area contributed by atoms with Crippen molar-refractivity contribution in [3.8, 4) is 27.9 Å². The maximum absolute atomic E-state index is 2.41. The Morgan fingerprint density at radius 3 is 1.35 bits per heavy atom. The van der Waals surface area contributed by atoms with Crippen molar-refractivity contribution >= 4 is 66.7 Å². The van der Waals surface area contributed by atoms with Crippen LogP contribution >= 0.6 is 0 Å². The molecule has 0 amide bonds. The highest BCUT2D eigenvalue weighted by atomic mass is 15.2. The predicted molar refractivity (Wildman–Crippen MR) is 232 cm³/mol. The zero-order valence-electron chi connectivity index (χ0n) is 30.0. The first-order valence-corrected chi connectivity index (χ1v) is 18.8. The number of benzene rings is 9. The van der Waals surface area contributed by atoms with Crippen LogP contribution in [0.15, 0.2) is 212 Å². The molecule has 0 aliphatic carbocycles. The van der Waals surface area contributed by atoms with E-state index in [4.69, 9.17) is 0 Å². The van der Waals surface area contributed by atoms with Crippen LogP contribution in [0.5, 0.6) is 0 Å².